The van der Waals surface area contributed by atoms with E-state index in [2.05, 4.69) is 22.0 Å². The monoisotopic (exact) mass is 347 g/mol. The second-order valence-corrected chi connectivity index (χ2v) is 5.22. The van der Waals surface area contributed by atoms with E-state index in [1.165, 1.54) is 20.0 Å². The molecule has 1 aliphatic heterocycles. The molecule has 2 heterocycles. The van der Waals surface area contributed by atoms with E-state index in [0.717, 1.165) is 25.1 Å². The molecule has 6 heteroatoms. The Kier molecular flexibility index (Phi) is 10.2. The number of methoxy groups -OCH3 is 1. The van der Waals surface area contributed by atoms with Crippen molar-refractivity contribution in [3.63, 3.8) is 0 Å². The maximum Gasteiger partial charge on any atom is 0.337 e. The van der Waals surface area contributed by atoms with Gasteiger partial charge in [-0.3, -0.25) is 0 Å². The van der Waals surface area contributed by atoms with Crippen molar-refractivity contribution >= 4 is 5.97 Å². The minimum absolute atomic E-state index is 0.126. The molecule has 0 radical (unpaired) electrons. The third-order valence-corrected chi connectivity index (χ3v) is 3.57. The Morgan fingerprint density at radius 1 is 1.28 bits per heavy atom. The van der Waals surface area contributed by atoms with Gasteiger partial charge in [0, 0.05) is 6.61 Å². The van der Waals surface area contributed by atoms with E-state index >= 15 is 0 Å². The van der Waals surface area contributed by atoms with Gasteiger partial charge < -0.3 is 9.47 Å². The molecule has 1 aromatic carbocycles. The van der Waals surface area contributed by atoms with Crippen molar-refractivity contribution in [2.45, 2.75) is 52.7 Å². The molecule has 0 aliphatic carbocycles. The van der Waals surface area contributed by atoms with Crippen molar-refractivity contribution in [2.24, 2.45) is 0 Å². The van der Waals surface area contributed by atoms with Crippen molar-refractivity contribution in [1.82, 2.24) is 15.0 Å². The fourth-order valence-electron chi connectivity index (χ4n) is 2.24. The van der Waals surface area contributed by atoms with Gasteiger partial charge in [-0.05, 0) is 37.8 Å². The van der Waals surface area contributed by atoms with Crippen LogP contribution in [0.4, 0.5) is 0 Å². The Balaban J connectivity index is 0.000000235. The molecule has 0 spiro atoms. The predicted molar refractivity (Wildman–Crippen MR) is 97.4 cm³/mol. The summed E-state index contributed by atoms with van der Waals surface area (Å²) in [5.41, 5.74) is 1.62. The molecule has 1 saturated heterocycles. The number of carbonyl (C=O) groups excluding carboxylic acids is 1. The van der Waals surface area contributed by atoms with Crippen LogP contribution in [0.1, 0.15) is 62.3 Å². The van der Waals surface area contributed by atoms with E-state index in [4.69, 9.17) is 4.74 Å². The fourth-order valence-corrected chi connectivity index (χ4v) is 2.24. The molecule has 1 aromatic heterocycles. The molecule has 3 rings (SSSR count). The van der Waals surface area contributed by atoms with Gasteiger partial charge in [0.25, 0.3) is 0 Å². The van der Waals surface area contributed by atoms with E-state index in [1.807, 2.05) is 30.8 Å². The molecule has 0 bridgehead atoms. The lowest BCUT2D eigenvalue weighted by Gasteiger charge is -2.21. The van der Waals surface area contributed by atoms with Crippen LogP contribution in [-0.4, -0.2) is 34.7 Å². The lowest BCUT2D eigenvalue weighted by molar-refractivity contribution is -0.0405. The third-order valence-electron chi connectivity index (χ3n) is 3.57. The Morgan fingerprint density at radius 2 is 2.00 bits per heavy atom. The highest BCUT2D eigenvalue weighted by Gasteiger charge is 2.16. The van der Waals surface area contributed by atoms with Crippen molar-refractivity contribution in [1.29, 1.82) is 0 Å². The summed E-state index contributed by atoms with van der Waals surface area (Å²) < 4.78 is 11.9. The van der Waals surface area contributed by atoms with Gasteiger partial charge in [-0.2, -0.15) is 0 Å². The highest BCUT2D eigenvalue weighted by Crippen LogP contribution is 2.21. The quantitative estimate of drug-likeness (QED) is 0.784. The van der Waals surface area contributed by atoms with Gasteiger partial charge in [-0.25, -0.2) is 9.48 Å². The van der Waals surface area contributed by atoms with Crippen LogP contribution >= 0.6 is 0 Å². The highest BCUT2D eigenvalue weighted by atomic mass is 16.5. The first kappa shape index (κ1) is 20.8. The molecule has 1 atom stereocenters. The van der Waals surface area contributed by atoms with Gasteiger partial charge in [-0.15, -0.1) is 5.10 Å². The van der Waals surface area contributed by atoms with Crippen molar-refractivity contribution in [3.8, 4) is 0 Å². The minimum atomic E-state index is -0.291. The molecule has 25 heavy (non-hydrogen) atoms. The van der Waals surface area contributed by atoms with Gasteiger partial charge in [0.15, 0.2) is 6.23 Å². The van der Waals surface area contributed by atoms with E-state index in [9.17, 15) is 4.79 Å². The van der Waals surface area contributed by atoms with Gasteiger partial charge in [0.05, 0.1) is 24.6 Å². The number of hydrogen-bond acceptors (Lipinski definition) is 5. The number of aryl methyl sites for hydroxylation is 1. The number of hydrogen-bond donors (Lipinski definition) is 0. The average molecular weight is 347 g/mol. The summed E-state index contributed by atoms with van der Waals surface area (Å²) in [5.74, 6) is -0.291. The first-order valence-electron chi connectivity index (χ1n) is 8.90. The van der Waals surface area contributed by atoms with Crippen LogP contribution in [-0.2, 0) is 15.9 Å². The summed E-state index contributed by atoms with van der Waals surface area (Å²) in [7, 11) is 1.37. The van der Waals surface area contributed by atoms with Crippen molar-refractivity contribution in [3.05, 3.63) is 47.8 Å². The Hall–Kier alpha value is -2.21. The number of rotatable bonds is 3. The minimum Gasteiger partial charge on any atom is -0.465 e. The maximum absolute atomic E-state index is 10.8. The van der Waals surface area contributed by atoms with Crippen molar-refractivity contribution in [2.75, 3.05) is 13.7 Å². The molecule has 1 aliphatic rings. The van der Waals surface area contributed by atoms with E-state index in [-0.39, 0.29) is 12.2 Å². The van der Waals surface area contributed by atoms with Crippen LogP contribution in [0.3, 0.4) is 0 Å². The molecule has 0 amide bonds. The van der Waals surface area contributed by atoms with E-state index in [0.29, 0.717) is 5.56 Å². The van der Waals surface area contributed by atoms with Gasteiger partial charge in [0.1, 0.15) is 0 Å². The first-order chi connectivity index (χ1) is 12.2. The molecular weight excluding hydrogens is 318 g/mol. The number of esters is 1. The predicted octanol–water partition coefficient (Wildman–Crippen LogP) is 4.04. The van der Waals surface area contributed by atoms with Crippen LogP contribution in [0.15, 0.2) is 36.5 Å². The molecule has 0 N–H and O–H groups in total. The second-order valence-electron chi connectivity index (χ2n) is 5.22. The first-order valence-corrected chi connectivity index (χ1v) is 8.90. The Bertz CT molecular complexity index is 593. The molecule has 2 aromatic rings. The molecule has 6 nitrogen and oxygen atoms in total. The lowest BCUT2D eigenvalue weighted by Crippen LogP contribution is -2.18. The number of aromatic nitrogens is 3. The van der Waals surface area contributed by atoms with Gasteiger partial charge in [-0.1, -0.05) is 44.2 Å². The van der Waals surface area contributed by atoms with Crippen LogP contribution in [0, 0.1) is 0 Å². The van der Waals surface area contributed by atoms with Gasteiger partial charge >= 0.3 is 5.97 Å². The smallest absolute Gasteiger partial charge is 0.337 e. The number of benzene rings is 1. The molecule has 0 saturated carbocycles. The molecule has 138 valence electrons. The number of ether oxygens (including phenoxy) is 2. The lowest BCUT2D eigenvalue weighted by atomic mass is 10.2. The summed E-state index contributed by atoms with van der Waals surface area (Å²) in [4.78, 5) is 10.8. The largest absolute Gasteiger partial charge is 0.465 e. The SMILES string of the molecule is CC.CCc1cn([C@H]2CCCCO2)nn1.COC(=O)c1ccccc1. The zero-order valence-electron chi connectivity index (χ0n) is 15.6. The normalized spacial score (nSPS) is 15.9. The summed E-state index contributed by atoms with van der Waals surface area (Å²) in [6.07, 6.45) is 6.51. The van der Waals surface area contributed by atoms with Crippen LogP contribution in [0.5, 0.6) is 0 Å². The van der Waals surface area contributed by atoms with Crippen molar-refractivity contribution < 1.29 is 14.3 Å². The molecule has 0 unspecified atom stereocenters. The molecule has 1 fully saturated rings. The highest BCUT2D eigenvalue weighted by molar-refractivity contribution is 5.89. The topological polar surface area (TPSA) is 66.2 Å². The van der Waals surface area contributed by atoms with Crippen LogP contribution < -0.4 is 0 Å². The van der Waals surface area contributed by atoms with Crippen LogP contribution in [0.25, 0.3) is 0 Å². The second kappa shape index (κ2) is 12.2. The number of nitrogens with zero attached hydrogens (tertiary/aromatic N) is 3. The molecular formula is C19H29N3O3. The summed E-state index contributed by atoms with van der Waals surface area (Å²) >= 11 is 0. The van der Waals surface area contributed by atoms with Gasteiger partial charge in [0.2, 0.25) is 0 Å². The number of carbonyl (C=O) groups is 1. The fraction of sp³-hybridized carbons (Fsp3) is 0.526. The van der Waals surface area contributed by atoms with E-state index in [1.54, 1.807) is 24.3 Å². The Labute approximate surface area is 150 Å². The summed E-state index contributed by atoms with van der Waals surface area (Å²) in [5, 5.41) is 8.10. The standard InChI is InChI=1S/C9H15N3O.C8H8O2.C2H6/c1-2-8-7-12(11-10-8)9-5-3-4-6-13-9;1-10-8(9)7-5-3-2-4-6-7;1-2/h7,9H,2-6H2,1H3;2-6H,1H3;1-2H3/t9-;;/m1../s1. The van der Waals surface area contributed by atoms with Crippen LogP contribution in [0.2, 0.25) is 0 Å². The zero-order chi connectivity index (χ0) is 18.5. The van der Waals surface area contributed by atoms with E-state index < -0.39 is 0 Å². The zero-order valence-corrected chi connectivity index (χ0v) is 15.6. The summed E-state index contributed by atoms with van der Waals surface area (Å²) in [6.45, 7) is 6.93. The Morgan fingerprint density at radius 3 is 2.52 bits per heavy atom. The summed E-state index contributed by atoms with van der Waals surface area (Å²) in [6, 6.07) is 8.88. The average Bonchev–Trinajstić information content (AvgIpc) is 3.20. The maximum atomic E-state index is 10.8. The third kappa shape index (κ3) is 7.05.